The van der Waals surface area contributed by atoms with Gasteiger partial charge in [0.1, 0.15) is 0 Å². The van der Waals surface area contributed by atoms with E-state index in [0.717, 1.165) is 19.3 Å². The van der Waals surface area contributed by atoms with Crippen LogP contribution in [-0.4, -0.2) is 23.5 Å². The van der Waals surface area contributed by atoms with E-state index < -0.39 is 5.97 Å². The number of nitrogens with one attached hydrogen (secondary N) is 1. The highest BCUT2D eigenvalue weighted by Crippen LogP contribution is 2.43. The van der Waals surface area contributed by atoms with Gasteiger partial charge in [0.05, 0.1) is 17.0 Å². The Balaban J connectivity index is 2.01. The Labute approximate surface area is 130 Å². The van der Waals surface area contributed by atoms with Crippen LogP contribution < -0.4 is 5.32 Å². The molecule has 6 heteroatoms. The lowest BCUT2D eigenvalue weighted by Gasteiger charge is -2.40. The van der Waals surface area contributed by atoms with E-state index in [2.05, 4.69) is 21.2 Å². The second-order valence-electron chi connectivity index (χ2n) is 5.21. The molecule has 1 fully saturated rings. The normalized spacial score (nSPS) is 16.3. The van der Waals surface area contributed by atoms with Crippen LogP contribution >= 0.6 is 27.5 Å². The molecular formula is C14H15BrClNO3. The number of amides is 1. The van der Waals surface area contributed by atoms with Crippen LogP contribution in [0.2, 0.25) is 5.02 Å². The van der Waals surface area contributed by atoms with Crippen molar-refractivity contribution < 1.29 is 14.7 Å². The van der Waals surface area contributed by atoms with Gasteiger partial charge in [-0.2, -0.15) is 0 Å². The number of carboxylic acids is 1. The lowest BCUT2D eigenvalue weighted by molar-refractivity contribution is -0.141. The summed E-state index contributed by atoms with van der Waals surface area (Å²) < 4.78 is 0.663. The Bertz CT molecular complexity index is 543. The van der Waals surface area contributed by atoms with E-state index in [9.17, 15) is 9.59 Å². The SMILES string of the molecule is O=C(O)CC1(CNC(=O)c2cccc(Br)c2Cl)CCC1. The van der Waals surface area contributed by atoms with Crippen LogP contribution in [0.4, 0.5) is 0 Å². The second-order valence-corrected chi connectivity index (χ2v) is 6.44. The highest BCUT2D eigenvalue weighted by Gasteiger charge is 2.39. The van der Waals surface area contributed by atoms with Crippen LogP contribution in [-0.2, 0) is 4.79 Å². The molecule has 20 heavy (non-hydrogen) atoms. The van der Waals surface area contributed by atoms with E-state index in [0.29, 0.717) is 21.6 Å². The Morgan fingerprint density at radius 2 is 2.10 bits per heavy atom. The van der Waals surface area contributed by atoms with Gasteiger partial charge < -0.3 is 10.4 Å². The fourth-order valence-corrected chi connectivity index (χ4v) is 3.03. The predicted octanol–water partition coefficient (Wildman–Crippen LogP) is 3.48. The Kier molecular flexibility index (Phi) is 4.70. The minimum absolute atomic E-state index is 0.0967. The molecule has 1 aromatic rings. The zero-order valence-corrected chi connectivity index (χ0v) is 13.1. The molecular weight excluding hydrogens is 346 g/mol. The third-order valence-electron chi connectivity index (χ3n) is 3.76. The number of halogens is 2. The number of aliphatic carboxylic acids is 1. The van der Waals surface area contributed by atoms with Gasteiger partial charge in [0.15, 0.2) is 0 Å². The number of hydrogen-bond donors (Lipinski definition) is 2. The van der Waals surface area contributed by atoms with Gasteiger partial charge in [-0.25, -0.2) is 0 Å². The van der Waals surface area contributed by atoms with E-state index in [4.69, 9.17) is 16.7 Å². The maximum atomic E-state index is 12.1. The monoisotopic (exact) mass is 359 g/mol. The lowest BCUT2D eigenvalue weighted by atomic mass is 9.66. The fourth-order valence-electron chi connectivity index (χ4n) is 2.46. The smallest absolute Gasteiger partial charge is 0.303 e. The summed E-state index contributed by atoms with van der Waals surface area (Å²) in [6.45, 7) is 0.376. The van der Waals surface area contributed by atoms with Crippen molar-refractivity contribution in [2.45, 2.75) is 25.7 Å². The summed E-state index contributed by atoms with van der Waals surface area (Å²) in [5, 5.41) is 12.1. The van der Waals surface area contributed by atoms with Crippen molar-refractivity contribution >= 4 is 39.4 Å². The molecule has 0 unspecified atom stereocenters. The first kappa shape index (κ1) is 15.3. The molecule has 0 aliphatic heterocycles. The van der Waals surface area contributed by atoms with Crippen molar-refractivity contribution in [3.63, 3.8) is 0 Å². The van der Waals surface area contributed by atoms with Gasteiger partial charge in [-0.1, -0.05) is 24.1 Å². The maximum absolute atomic E-state index is 12.1. The molecule has 0 saturated heterocycles. The topological polar surface area (TPSA) is 66.4 Å². The number of benzene rings is 1. The molecule has 0 heterocycles. The molecule has 1 aromatic carbocycles. The molecule has 108 valence electrons. The van der Waals surface area contributed by atoms with Gasteiger partial charge in [0, 0.05) is 11.0 Å². The highest BCUT2D eigenvalue weighted by atomic mass is 79.9. The standard InChI is InChI=1S/C14H15BrClNO3/c15-10-4-1-3-9(12(10)16)13(20)17-8-14(5-2-6-14)7-11(18)19/h1,3-4H,2,5-8H2,(H,17,20)(H,18,19). The first-order valence-electron chi connectivity index (χ1n) is 6.38. The molecule has 1 aliphatic carbocycles. The average Bonchev–Trinajstić information content (AvgIpc) is 2.35. The van der Waals surface area contributed by atoms with E-state index >= 15 is 0 Å². The third-order valence-corrected chi connectivity index (χ3v) is 5.06. The predicted molar refractivity (Wildman–Crippen MR) is 80.0 cm³/mol. The highest BCUT2D eigenvalue weighted by molar-refractivity contribution is 9.10. The zero-order valence-electron chi connectivity index (χ0n) is 10.8. The number of carboxylic acid groups (broad SMARTS) is 1. The van der Waals surface area contributed by atoms with Crippen LogP contribution in [0.5, 0.6) is 0 Å². The average molecular weight is 361 g/mol. The van der Waals surface area contributed by atoms with Crippen molar-refractivity contribution in [1.82, 2.24) is 5.32 Å². The second kappa shape index (κ2) is 6.14. The molecule has 0 atom stereocenters. The quantitative estimate of drug-likeness (QED) is 0.845. The summed E-state index contributed by atoms with van der Waals surface area (Å²) in [5.41, 5.74) is 0.103. The minimum Gasteiger partial charge on any atom is -0.481 e. The molecule has 1 aliphatic rings. The molecule has 1 saturated carbocycles. The van der Waals surface area contributed by atoms with Crippen LogP contribution in [0.25, 0.3) is 0 Å². The number of carbonyl (C=O) groups excluding carboxylic acids is 1. The zero-order chi connectivity index (χ0) is 14.8. The molecule has 2 N–H and O–H groups in total. The van der Waals surface area contributed by atoms with E-state index in [1.807, 2.05) is 0 Å². The molecule has 4 nitrogen and oxygen atoms in total. The van der Waals surface area contributed by atoms with Gasteiger partial charge in [0.2, 0.25) is 0 Å². The third kappa shape index (κ3) is 3.33. The van der Waals surface area contributed by atoms with E-state index in [1.165, 1.54) is 0 Å². The Morgan fingerprint density at radius 1 is 1.40 bits per heavy atom. The Hall–Kier alpha value is -1.07. The lowest BCUT2D eigenvalue weighted by Crippen LogP contribution is -2.43. The summed E-state index contributed by atoms with van der Waals surface area (Å²) in [6, 6.07) is 5.14. The van der Waals surface area contributed by atoms with Gasteiger partial charge in [-0.05, 0) is 46.3 Å². The number of rotatable bonds is 5. The Morgan fingerprint density at radius 3 is 2.65 bits per heavy atom. The van der Waals surface area contributed by atoms with Gasteiger partial charge >= 0.3 is 5.97 Å². The van der Waals surface area contributed by atoms with Crippen LogP contribution in [0.1, 0.15) is 36.0 Å². The van der Waals surface area contributed by atoms with E-state index in [-0.39, 0.29) is 17.7 Å². The summed E-state index contributed by atoms with van der Waals surface area (Å²) in [7, 11) is 0. The van der Waals surface area contributed by atoms with Crippen molar-refractivity contribution in [3.05, 3.63) is 33.3 Å². The van der Waals surface area contributed by atoms with Crippen molar-refractivity contribution in [3.8, 4) is 0 Å². The van der Waals surface area contributed by atoms with Crippen molar-refractivity contribution in [2.75, 3.05) is 6.54 Å². The van der Waals surface area contributed by atoms with Crippen molar-refractivity contribution in [1.29, 1.82) is 0 Å². The van der Waals surface area contributed by atoms with Gasteiger partial charge in [-0.15, -0.1) is 0 Å². The summed E-state index contributed by atoms with van der Waals surface area (Å²) in [6.07, 6.45) is 2.79. The first-order valence-corrected chi connectivity index (χ1v) is 7.55. The summed E-state index contributed by atoms with van der Waals surface area (Å²) in [4.78, 5) is 23.0. The number of hydrogen-bond acceptors (Lipinski definition) is 2. The molecule has 0 radical (unpaired) electrons. The van der Waals surface area contributed by atoms with Gasteiger partial charge in [0.25, 0.3) is 5.91 Å². The minimum atomic E-state index is -0.820. The molecule has 2 rings (SSSR count). The van der Waals surface area contributed by atoms with Crippen molar-refractivity contribution in [2.24, 2.45) is 5.41 Å². The van der Waals surface area contributed by atoms with Crippen LogP contribution in [0, 0.1) is 5.41 Å². The van der Waals surface area contributed by atoms with Gasteiger partial charge in [-0.3, -0.25) is 9.59 Å². The van der Waals surface area contributed by atoms with Crippen LogP contribution in [0.15, 0.2) is 22.7 Å². The van der Waals surface area contributed by atoms with Crippen LogP contribution in [0.3, 0.4) is 0 Å². The molecule has 0 bridgehead atoms. The van der Waals surface area contributed by atoms with E-state index in [1.54, 1.807) is 18.2 Å². The largest absolute Gasteiger partial charge is 0.481 e. The molecule has 0 aromatic heterocycles. The summed E-state index contributed by atoms with van der Waals surface area (Å²) in [5.74, 6) is -1.09. The first-order chi connectivity index (χ1) is 9.43. The molecule has 1 amide bonds. The maximum Gasteiger partial charge on any atom is 0.303 e. The molecule has 0 spiro atoms. The number of carbonyl (C=O) groups is 2. The summed E-state index contributed by atoms with van der Waals surface area (Å²) >= 11 is 9.34. The fraction of sp³-hybridized carbons (Fsp3) is 0.429.